The van der Waals surface area contributed by atoms with Crippen molar-refractivity contribution in [2.45, 2.75) is 38.1 Å². The highest BCUT2D eigenvalue weighted by atomic mass is 15.2. The third-order valence-corrected chi connectivity index (χ3v) is 3.33. The highest BCUT2D eigenvalue weighted by Gasteiger charge is 2.12. The zero-order valence-electron chi connectivity index (χ0n) is 9.04. The van der Waals surface area contributed by atoms with Crippen LogP contribution in [0.15, 0.2) is 12.2 Å². The van der Waals surface area contributed by atoms with E-state index in [-0.39, 0.29) is 0 Å². The molecule has 0 bridgehead atoms. The SMILES string of the molecule is C1=CCC(NCCN2CCCC2)CC1. The van der Waals surface area contributed by atoms with Gasteiger partial charge in [0.1, 0.15) is 0 Å². The molecule has 0 aromatic carbocycles. The summed E-state index contributed by atoms with van der Waals surface area (Å²) in [5.74, 6) is 0. The summed E-state index contributed by atoms with van der Waals surface area (Å²) in [6.07, 6.45) is 11.3. The molecule has 14 heavy (non-hydrogen) atoms. The second-order valence-electron chi connectivity index (χ2n) is 4.48. The van der Waals surface area contributed by atoms with Gasteiger partial charge in [0.2, 0.25) is 0 Å². The van der Waals surface area contributed by atoms with Crippen LogP contribution in [0.4, 0.5) is 0 Å². The van der Waals surface area contributed by atoms with Crippen LogP contribution >= 0.6 is 0 Å². The normalized spacial score (nSPS) is 28.4. The summed E-state index contributed by atoms with van der Waals surface area (Å²) in [5, 5.41) is 3.66. The van der Waals surface area contributed by atoms with E-state index in [0.29, 0.717) is 0 Å². The molecule has 1 heterocycles. The molecule has 0 aromatic heterocycles. The van der Waals surface area contributed by atoms with Crippen molar-refractivity contribution in [3.8, 4) is 0 Å². The second kappa shape index (κ2) is 5.52. The van der Waals surface area contributed by atoms with Crippen molar-refractivity contribution in [1.82, 2.24) is 10.2 Å². The van der Waals surface area contributed by atoms with Gasteiger partial charge in [0, 0.05) is 19.1 Å². The van der Waals surface area contributed by atoms with Crippen molar-refractivity contribution >= 4 is 0 Å². The summed E-state index contributed by atoms with van der Waals surface area (Å²) in [4.78, 5) is 2.58. The monoisotopic (exact) mass is 194 g/mol. The molecule has 1 fully saturated rings. The van der Waals surface area contributed by atoms with Crippen molar-refractivity contribution in [1.29, 1.82) is 0 Å². The average Bonchev–Trinajstić information content (AvgIpc) is 2.72. The fourth-order valence-electron chi connectivity index (χ4n) is 2.41. The number of rotatable bonds is 4. The van der Waals surface area contributed by atoms with E-state index in [1.165, 1.54) is 58.3 Å². The number of nitrogens with zero attached hydrogens (tertiary/aromatic N) is 1. The lowest BCUT2D eigenvalue weighted by molar-refractivity contribution is 0.323. The summed E-state index contributed by atoms with van der Waals surface area (Å²) in [6.45, 7) is 5.08. The van der Waals surface area contributed by atoms with Gasteiger partial charge in [0.05, 0.1) is 0 Å². The van der Waals surface area contributed by atoms with E-state index in [9.17, 15) is 0 Å². The van der Waals surface area contributed by atoms with Crippen LogP contribution in [-0.4, -0.2) is 37.1 Å². The van der Waals surface area contributed by atoms with E-state index in [1.54, 1.807) is 0 Å². The fourth-order valence-corrected chi connectivity index (χ4v) is 2.41. The van der Waals surface area contributed by atoms with E-state index >= 15 is 0 Å². The average molecular weight is 194 g/mol. The predicted octanol–water partition coefficient (Wildman–Crippen LogP) is 1.78. The Labute approximate surface area is 87.4 Å². The maximum Gasteiger partial charge on any atom is 0.0107 e. The van der Waals surface area contributed by atoms with Crippen molar-refractivity contribution < 1.29 is 0 Å². The summed E-state index contributed by atoms with van der Waals surface area (Å²) in [6, 6.07) is 0.752. The molecule has 0 radical (unpaired) electrons. The van der Waals surface area contributed by atoms with Gasteiger partial charge in [-0.2, -0.15) is 0 Å². The Kier molecular flexibility index (Phi) is 4.02. The quantitative estimate of drug-likeness (QED) is 0.686. The smallest absolute Gasteiger partial charge is 0.0107 e. The van der Waals surface area contributed by atoms with Gasteiger partial charge in [-0.15, -0.1) is 0 Å². The molecule has 0 saturated carbocycles. The molecule has 1 atom stereocenters. The predicted molar refractivity (Wildman–Crippen MR) is 60.5 cm³/mol. The van der Waals surface area contributed by atoms with Gasteiger partial charge >= 0.3 is 0 Å². The number of nitrogens with one attached hydrogen (secondary N) is 1. The van der Waals surface area contributed by atoms with Crippen molar-refractivity contribution in [3.63, 3.8) is 0 Å². The third kappa shape index (κ3) is 3.10. The van der Waals surface area contributed by atoms with Crippen LogP contribution < -0.4 is 5.32 Å². The molecule has 2 rings (SSSR count). The lowest BCUT2D eigenvalue weighted by atomic mass is 10.0. The maximum absolute atomic E-state index is 3.66. The van der Waals surface area contributed by atoms with Crippen LogP contribution in [0.5, 0.6) is 0 Å². The molecule has 2 nitrogen and oxygen atoms in total. The largest absolute Gasteiger partial charge is 0.312 e. The highest BCUT2D eigenvalue weighted by molar-refractivity contribution is 4.92. The van der Waals surface area contributed by atoms with E-state index in [1.807, 2.05) is 0 Å². The van der Waals surface area contributed by atoms with E-state index < -0.39 is 0 Å². The van der Waals surface area contributed by atoms with Crippen LogP contribution in [0.2, 0.25) is 0 Å². The van der Waals surface area contributed by atoms with Gasteiger partial charge < -0.3 is 10.2 Å². The first-order valence-corrected chi connectivity index (χ1v) is 6.06. The summed E-state index contributed by atoms with van der Waals surface area (Å²) >= 11 is 0. The molecule has 2 heteroatoms. The molecular weight excluding hydrogens is 172 g/mol. The molecule has 1 aliphatic heterocycles. The van der Waals surface area contributed by atoms with Gasteiger partial charge in [0.15, 0.2) is 0 Å². The zero-order valence-corrected chi connectivity index (χ0v) is 9.04. The summed E-state index contributed by atoms with van der Waals surface area (Å²) in [7, 11) is 0. The van der Waals surface area contributed by atoms with Crippen LogP contribution in [0.1, 0.15) is 32.1 Å². The third-order valence-electron chi connectivity index (χ3n) is 3.33. The Balaban J connectivity index is 1.55. The van der Waals surface area contributed by atoms with Crippen molar-refractivity contribution in [2.24, 2.45) is 0 Å². The minimum absolute atomic E-state index is 0.752. The standard InChI is InChI=1S/C12H22N2/c1-2-6-12(7-3-1)13-8-11-14-9-4-5-10-14/h1-2,12-13H,3-11H2. The Bertz CT molecular complexity index is 183. The zero-order chi connectivity index (χ0) is 9.64. The van der Waals surface area contributed by atoms with E-state index in [2.05, 4.69) is 22.4 Å². The maximum atomic E-state index is 3.66. The Hall–Kier alpha value is -0.340. The Morgan fingerprint density at radius 1 is 1.21 bits per heavy atom. The molecule has 1 aliphatic carbocycles. The first-order valence-electron chi connectivity index (χ1n) is 6.06. The van der Waals surface area contributed by atoms with Gasteiger partial charge in [-0.3, -0.25) is 0 Å². The lowest BCUT2D eigenvalue weighted by Gasteiger charge is -2.21. The molecular formula is C12H22N2. The molecule has 1 unspecified atom stereocenters. The van der Waals surface area contributed by atoms with Crippen LogP contribution in [-0.2, 0) is 0 Å². The van der Waals surface area contributed by atoms with Crippen LogP contribution in [0.25, 0.3) is 0 Å². The van der Waals surface area contributed by atoms with Gasteiger partial charge in [-0.05, 0) is 45.2 Å². The van der Waals surface area contributed by atoms with Crippen molar-refractivity contribution in [2.75, 3.05) is 26.2 Å². The molecule has 0 spiro atoms. The molecule has 0 aromatic rings. The number of hydrogen-bond donors (Lipinski definition) is 1. The molecule has 1 N–H and O–H groups in total. The highest BCUT2D eigenvalue weighted by Crippen LogP contribution is 2.10. The lowest BCUT2D eigenvalue weighted by Crippen LogP contribution is -2.36. The van der Waals surface area contributed by atoms with Crippen LogP contribution in [0, 0.1) is 0 Å². The first kappa shape index (κ1) is 10.2. The van der Waals surface area contributed by atoms with E-state index in [0.717, 1.165) is 6.04 Å². The van der Waals surface area contributed by atoms with Gasteiger partial charge in [-0.1, -0.05) is 12.2 Å². The minimum Gasteiger partial charge on any atom is -0.312 e. The van der Waals surface area contributed by atoms with Crippen molar-refractivity contribution in [3.05, 3.63) is 12.2 Å². The van der Waals surface area contributed by atoms with Crippen LogP contribution in [0.3, 0.4) is 0 Å². The second-order valence-corrected chi connectivity index (χ2v) is 4.48. The minimum atomic E-state index is 0.752. The fraction of sp³-hybridized carbons (Fsp3) is 0.833. The first-order chi connectivity index (χ1) is 6.95. The van der Waals surface area contributed by atoms with Gasteiger partial charge in [-0.25, -0.2) is 0 Å². The molecule has 0 amide bonds. The number of allylic oxidation sites excluding steroid dienone is 1. The van der Waals surface area contributed by atoms with Gasteiger partial charge in [0.25, 0.3) is 0 Å². The summed E-state index contributed by atoms with van der Waals surface area (Å²) < 4.78 is 0. The topological polar surface area (TPSA) is 15.3 Å². The Morgan fingerprint density at radius 3 is 2.79 bits per heavy atom. The Morgan fingerprint density at radius 2 is 2.07 bits per heavy atom. The number of hydrogen-bond acceptors (Lipinski definition) is 2. The summed E-state index contributed by atoms with van der Waals surface area (Å²) in [5.41, 5.74) is 0. The molecule has 2 aliphatic rings. The molecule has 1 saturated heterocycles. The van der Waals surface area contributed by atoms with E-state index in [4.69, 9.17) is 0 Å². The molecule has 80 valence electrons. The number of likely N-dealkylation sites (tertiary alicyclic amines) is 1.